The maximum absolute atomic E-state index is 6.07. The van der Waals surface area contributed by atoms with Crippen LogP contribution in [0, 0.1) is 0 Å². The third kappa shape index (κ3) is 2.87. The fourth-order valence-corrected chi connectivity index (χ4v) is 2.80. The van der Waals surface area contributed by atoms with E-state index in [-0.39, 0.29) is 0 Å². The van der Waals surface area contributed by atoms with E-state index in [0.29, 0.717) is 17.2 Å². The van der Waals surface area contributed by atoms with Crippen molar-refractivity contribution in [3.63, 3.8) is 0 Å². The number of benzene rings is 2. The van der Waals surface area contributed by atoms with E-state index in [9.17, 15) is 0 Å². The van der Waals surface area contributed by atoms with Gasteiger partial charge in [-0.15, -0.1) is 0 Å². The molecule has 122 valence electrons. The van der Waals surface area contributed by atoms with Crippen molar-refractivity contribution < 1.29 is 0 Å². The van der Waals surface area contributed by atoms with Crippen LogP contribution in [0.1, 0.15) is 11.1 Å². The first kappa shape index (κ1) is 15.1. The van der Waals surface area contributed by atoms with Gasteiger partial charge in [0.05, 0.1) is 17.6 Å². The largest absolute Gasteiger partial charge is 0.382 e. The molecule has 2 heterocycles. The molecule has 0 unspecified atom stereocenters. The molecule has 2 N–H and O–H groups in total. The average Bonchev–Trinajstić information content (AvgIpc) is 3.03. The molecule has 0 saturated heterocycles. The van der Waals surface area contributed by atoms with Crippen molar-refractivity contribution in [2.24, 2.45) is 12.0 Å². The quantitative estimate of drug-likeness (QED) is 0.583. The second kappa shape index (κ2) is 6.20. The molecule has 2 aromatic heterocycles. The summed E-state index contributed by atoms with van der Waals surface area (Å²) in [5.74, 6) is 0.952. The van der Waals surface area contributed by atoms with Gasteiger partial charge in [-0.1, -0.05) is 60.7 Å². The molecule has 0 fully saturated rings. The molecule has 0 bridgehead atoms. The van der Waals surface area contributed by atoms with Crippen LogP contribution in [0.2, 0.25) is 0 Å². The highest BCUT2D eigenvalue weighted by Gasteiger charge is 2.11. The van der Waals surface area contributed by atoms with Crippen LogP contribution in [0.25, 0.3) is 11.0 Å². The normalized spacial score (nSPS) is 10.8. The van der Waals surface area contributed by atoms with Crippen LogP contribution in [0.15, 0.2) is 78.0 Å². The minimum absolute atomic E-state index is 0.386. The van der Waals surface area contributed by atoms with Gasteiger partial charge >= 0.3 is 0 Å². The monoisotopic (exact) mass is 327 g/mol. The summed E-state index contributed by atoms with van der Waals surface area (Å²) in [5.41, 5.74) is 10.6. The van der Waals surface area contributed by atoms with Crippen molar-refractivity contribution in [1.82, 2.24) is 14.5 Å². The van der Waals surface area contributed by atoms with Gasteiger partial charge in [-0.05, 0) is 0 Å². The molecule has 0 spiro atoms. The Hall–Kier alpha value is -3.47. The first-order chi connectivity index (χ1) is 12.2. The Morgan fingerprint density at radius 1 is 0.960 bits per heavy atom. The lowest BCUT2D eigenvalue weighted by atomic mass is 10.0. The van der Waals surface area contributed by atoms with Crippen LogP contribution in [0.5, 0.6) is 0 Å². The number of aliphatic imine (C=N–C) groups is 1. The fourth-order valence-electron chi connectivity index (χ4n) is 2.80. The predicted octanol–water partition coefficient (Wildman–Crippen LogP) is 3.72. The number of imidazole rings is 1. The number of nitrogens with zero attached hydrogens (tertiary/aromatic N) is 4. The van der Waals surface area contributed by atoms with E-state index in [1.807, 2.05) is 78.3 Å². The van der Waals surface area contributed by atoms with Crippen LogP contribution < -0.4 is 5.73 Å². The molecule has 0 atom stereocenters. The summed E-state index contributed by atoms with van der Waals surface area (Å²) in [5, 5.41) is 0. The Bertz CT molecular complexity index is 1010. The summed E-state index contributed by atoms with van der Waals surface area (Å²) >= 11 is 0. The summed E-state index contributed by atoms with van der Waals surface area (Å²) in [6.07, 6.45) is 1.73. The third-order valence-electron chi connectivity index (χ3n) is 4.05. The highest BCUT2D eigenvalue weighted by atomic mass is 15.1. The SMILES string of the molecule is Cn1cnc2c(N)nc(N=C(c3ccccc3)c3ccccc3)cc21. The lowest BCUT2D eigenvalue weighted by Gasteiger charge is -2.08. The number of hydrogen-bond acceptors (Lipinski definition) is 4. The second-order valence-corrected chi connectivity index (χ2v) is 5.78. The first-order valence-electron chi connectivity index (χ1n) is 7.99. The lowest BCUT2D eigenvalue weighted by Crippen LogP contribution is -2.03. The topological polar surface area (TPSA) is 69.1 Å². The van der Waals surface area contributed by atoms with E-state index < -0.39 is 0 Å². The number of nitrogen functional groups attached to an aromatic ring is 1. The highest BCUT2D eigenvalue weighted by molar-refractivity contribution is 6.14. The Morgan fingerprint density at radius 2 is 1.56 bits per heavy atom. The van der Waals surface area contributed by atoms with Crippen molar-refractivity contribution in [2.75, 3.05) is 5.73 Å². The van der Waals surface area contributed by atoms with E-state index in [4.69, 9.17) is 10.7 Å². The summed E-state index contributed by atoms with van der Waals surface area (Å²) in [6.45, 7) is 0. The second-order valence-electron chi connectivity index (χ2n) is 5.78. The van der Waals surface area contributed by atoms with Crippen LogP contribution in [0.3, 0.4) is 0 Å². The van der Waals surface area contributed by atoms with E-state index >= 15 is 0 Å². The van der Waals surface area contributed by atoms with Crippen LogP contribution in [0.4, 0.5) is 11.6 Å². The molecule has 0 aliphatic heterocycles. The number of pyridine rings is 1. The molecule has 5 nitrogen and oxygen atoms in total. The highest BCUT2D eigenvalue weighted by Crippen LogP contribution is 2.24. The van der Waals surface area contributed by atoms with Gasteiger partial charge in [0.25, 0.3) is 0 Å². The molecule has 0 aliphatic rings. The maximum atomic E-state index is 6.07. The molecule has 0 radical (unpaired) electrons. The Morgan fingerprint density at radius 3 is 2.16 bits per heavy atom. The minimum atomic E-state index is 0.386. The lowest BCUT2D eigenvalue weighted by molar-refractivity contribution is 0.947. The van der Waals surface area contributed by atoms with E-state index in [1.165, 1.54) is 0 Å². The molecule has 4 aromatic rings. The summed E-state index contributed by atoms with van der Waals surface area (Å²) in [7, 11) is 1.93. The molecule has 25 heavy (non-hydrogen) atoms. The van der Waals surface area contributed by atoms with E-state index in [1.54, 1.807) is 6.33 Å². The predicted molar refractivity (Wildman–Crippen MR) is 101 cm³/mol. The zero-order valence-electron chi connectivity index (χ0n) is 13.8. The van der Waals surface area contributed by atoms with Crippen molar-refractivity contribution in [2.45, 2.75) is 0 Å². The van der Waals surface area contributed by atoms with Gasteiger partial charge in [-0.2, -0.15) is 0 Å². The summed E-state index contributed by atoms with van der Waals surface area (Å²) < 4.78 is 1.91. The number of fused-ring (bicyclic) bond motifs is 1. The maximum Gasteiger partial charge on any atom is 0.157 e. The van der Waals surface area contributed by atoms with Gasteiger partial charge in [0, 0.05) is 24.2 Å². The van der Waals surface area contributed by atoms with E-state index in [2.05, 4.69) is 9.97 Å². The molecule has 0 amide bonds. The Labute approximate surface area is 145 Å². The Kier molecular flexibility index (Phi) is 3.74. The molecule has 2 aromatic carbocycles. The number of aryl methyl sites for hydroxylation is 1. The molecule has 4 rings (SSSR count). The zero-order chi connectivity index (χ0) is 17.2. The van der Waals surface area contributed by atoms with Crippen molar-refractivity contribution in [1.29, 1.82) is 0 Å². The summed E-state index contributed by atoms with van der Waals surface area (Å²) in [4.78, 5) is 13.5. The minimum Gasteiger partial charge on any atom is -0.382 e. The smallest absolute Gasteiger partial charge is 0.157 e. The Balaban J connectivity index is 1.92. The average molecular weight is 327 g/mol. The van der Waals surface area contributed by atoms with Crippen molar-refractivity contribution >= 4 is 28.4 Å². The molecular formula is C20H17N5. The molecule has 0 aliphatic carbocycles. The van der Waals surface area contributed by atoms with Crippen molar-refractivity contribution in [3.05, 3.63) is 84.2 Å². The number of aromatic nitrogens is 3. The van der Waals surface area contributed by atoms with Gasteiger partial charge in [-0.3, -0.25) is 0 Å². The van der Waals surface area contributed by atoms with Gasteiger partial charge in [-0.25, -0.2) is 15.0 Å². The molecule has 5 heteroatoms. The summed E-state index contributed by atoms with van der Waals surface area (Å²) in [6, 6.07) is 22.0. The third-order valence-corrected chi connectivity index (χ3v) is 4.05. The standard InChI is InChI=1S/C20H17N5/c1-25-13-22-19-16(25)12-17(24-20(19)21)23-18(14-8-4-2-5-9-14)15-10-6-3-7-11-15/h2-13H,1H3,(H2,21,24). The van der Waals surface area contributed by atoms with Crippen LogP contribution in [-0.4, -0.2) is 20.2 Å². The number of hydrogen-bond donors (Lipinski definition) is 1. The molecular weight excluding hydrogens is 310 g/mol. The van der Waals surface area contributed by atoms with Crippen LogP contribution in [-0.2, 0) is 7.05 Å². The van der Waals surface area contributed by atoms with Gasteiger partial charge < -0.3 is 10.3 Å². The number of nitrogens with two attached hydrogens (primary N) is 1. The number of rotatable bonds is 3. The van der Waals surface area contributed by atoms with Crippen LogP contribution >= 0.6 is 0 Å². The van der Waals surface area contributed by atoms with E-state index in [0.717, 1.165) is 22.4 Å². The fraction of sp³-hybridized carbons (Fsp3) is 0.0500. The molecule has 0 saturated carbocycles. The first-order valence-corrected chi connectivity index (χ1v) is 7.99. The van der Waals surface area contributed by atoms with Gasteiger partial charge in [0.1, 0.15) is 5.52 Å². The van der Waals surface area contributed by atoms with Crippen molar-refractivity contribution in [3.8, 4) is 0 Å². The number of anilines is 1. The zero-order valence-corrected chi connectivity index (χ0v) is 13.8. The van der Waals surface area contributed by atoms with Gasteiger partial charge in [0.2, 0.25) is 0 Å². The van der Waals surface area contributed by atoms with Gasteiger partial charge in [0.15, 0.2) is 11.6 Å².